The molecule has 0 saturated carbocycles. The van der Waals surface area contributed by atoms with Crippen molar-refractivity contribution in [1.29, 1.82) is 0 Å². The normalized spacial score (nSPS) is 13.2. The highest BCUT2D eigenvalue weighted by atomic mass is 35.5. The first kappa shape index (κ1) is 18.2. The molecule has 1 aromatic carbocycles. The van der Waals surface area contributed by atoms with E-state index in [0.29, 0.717) is 17.1 Å². The van der Waals surface area contributed by atoms with Crippen molar-refractivity contribution in [2.24, 2.45) is 0 Å². The Hall–Kier alpha value is -2.11. The molecule has 2 amide bonds. The molecule has 6 heteroatoms. The van der Waals surface area contributed by atoms with Crippen LogP contribution in [0.15, 0.2) is 42.7 Å². The maximum atomic E-state index is 11.9. The van der Waals surface area contributed by atoms with E-state index in [9.17, 15) is 9.90 Å². The molecule has 128 valence electrons. The van der Waals surface area contributed by atoms with Gasteiger partial charge in [-0.1, -0.05) is 29.8 Å². The van der Waals surface area contributed by atoms with Gasteiger partial charge in [0.25, 0.3) is 0 Å². The molecular formula is C18H22ClN3O2. The summed E-state index contributed by atoms with van der Waals surface area (Å²) in [6.45, 7) is 4.18. The maximum Gasteiger partial charge on any atom is 0.314 e. The van der Waals surface area contributed by atoms with E-state index in [0.717, 1.165) is 17.5 Å². The van der Waals surface area contributed by atoms with Gasteiger partial charge in [0.1, 0.15) is 5.60 Å². The molecule has 1 heterocycles. The molecule has 5 nitrogen and oxygen atoms in total. The molecule has 0 aliphatic carbocycles. The fraction of sp³-hybridized carbons (Fsp3) is 0.333. The monoisotopic (exact) mass is 347 g/mol. The highest BCUT2D eigenvalue weighted by Crippen LogP contribution is 2.27. The summed E-state index contributed by atoms with van der Waals surface area (Å²) >= 11 is 6.10. The van der Waals surface area contributed by atoms with Gasteiger partial charge in [-0.2, -0.15) is 0 Å². The van der Waals surface area contributed by atoms with Gasteiger partial charge in [0.05, 0.1) is 6.54 Å². The van der Waals surface area contributed by atoms with Crippen LogP contribution in [-0.4, -0.2) is 29.2 Å². The lowest BCUT2D eigenvalue weighted by atomic mass is 9.96. The van der Waals surface area contributed by atoms with Crippen LogP contribution in [0.3, 0.4) is 0 Å². The lowest BCUT2D eigenvalue weighted by Crippen LogP contribution is -2.44. The van der Waals surface area contributed by atoms with Gasteiger partial charge >= 0.3 is 6.03 Å². The van der Waals surface area contributed by atoms with Crippen LogP contribution in [0, 0.1) is 6.92 Å². The molecule has 1 atom stereocenters. The molecule has 0 aliphatic heterocycles. The molecule has 0 radical (unpaired) electrons. The van der Waals surface area contributed by atoms with Crippen LogP contribution in [-0.2, 0) is 12.0 Å². The number of urea groups is 1. The largest absolute Gasteiger partial charge is 0.384 e. The van der Waals surface area contributed by atoms with Gasteiger partial charge < -0.3 is 15.7 Å². The number of hydrogen-bond donors (Lipinski definition) is 3. The maximum absolute atomic E-state index is 11.9. The summed E-state index contributed by atoms with van der Waals surface area (Å²) in [5, 5.41) is 16.5. The van der Waals surface area contributed by atoms with Crippen molar-refractivity contribution in [3.8, 4) is 0 Å². The van der Waals surface area contributed by atoms with E-state index >= 15 is 0 Å². The number of benzene rings is 1. The van der Waals surface area contributed by atoms with Gasteiger partial charge in [-0.05, 0) is 43.5 Å². The Labute approximate surface area is 147 Å². The molecule has 1 aromatic heterocycles. The Morgan fingerprint density at radius 2 is 2.04 bits per heavy atom. The summed E-state index contributed by atoms with van der Waals surface area (Å²) in [6, 6.07) is 8.66. The van der Waals surface area contributed by atoms with Crippen molar-refractivity contribution >= 4 is 17.6 Å². The Kier molecular flexibility index (Phi) is 6.17. The summed E-state index contributed by atoms with van der Waals surface area (Å²) < 4.78 is 0. The third-order valence-electron chi connectivity index (χ3n) is 3.86. The van der Waals surface area contributed by atoms with E-state index in [1.165, 1.54) is 0 Å². The second-order valence-electron chi connectivity index (χ2n) is 5.92. The topological polar surface area (TPSA) is 74.2 Å². The van der Waals surface area contributed by atoms with Crippen molar-refractivity contribution in [3.05, 3.63) is 64.4 Å². The standard InChI is InChI=1S/C18H22ClN3O2/c1-13-11-20-9-7-14(13)8-10-21-17(23)22-12-18(2,24)15-5-3-4-6-16(15)19/h3-7,9,11,24H,8,10,12H2,1-2H3,(H2,21,22,23)/t18-/m1/s1. The molecule has 0 fully saturated rings. The Balaban J connectivity index is 1.81. The number of aliphatic hydroxyl groups is 1. The lowest BCUT2D eigenvalue weighted by molar-refractivity contribution is 0.0595. The molecule has 0 spiro atoms. The first-order chi connectivity index (χ1) is 11.4. The summed E-state index contributed by atoms with van der Waals surface area (Å²) in [5.74, 6) is 0. The third kappa shape index (κ3) is 4.94. The number of nitrogens with zero attached hydrogens (tertiary/aromatic N) is 1. The number of pyridine rings is 1. The minimum Gasteiger partial charge on any atom is -0.384 e. The quantitative estimate of drug-likeness (QED) is 0.752. The first-order valence-corrected chi connectivity index (χ1v) is 8.16. The van der Waals surface area contributed by atoms with Crippen molar-refractivity contribution in [1.82, 2.24) is 15.6 Å². The number of amides is 2. The Morgan fingerprint density at radius 3 is 2.75 bits per heavy atom. The van der Waals surface area contributed by atoms with Crippen LogP contribution >= 0.6 is 11.6 Å². The molecule has 24 heavy (non-hydrogen) atoms. The Morgan fingerprint density at radius 1 is 1.29 bits per heavy atom. The zero-order chi connectivity index (χ0) is 17.6. The molecule has 3 N–H and O–H groups in total. The average Bonchev–Trinajstić information content (AvgIpc) is 2.55. The minimum atomic E-state index is -1.24. The van der Waals surface area contributed by atoms with Crippen molar-refractivity contribution in [2.45, 2.75) is 25.9 Å². The van der Waals surface area contributed by atoms with Crippen molar-refractivity contribution in [2.75, 3.05) is 13.1 Å². The van der Waals surface area contributed by atoms with Crippen molar-refractivity contribution in [3.63, 3.8) is 0 Å². The highest BCUT2D eigenvalue weighted by Gasteiger charge is 2.25. The van der Waals surface area contributed by atoms with Crippen LogP contribution < -0.4 is 10.6 Å². The predicted molar refractivity (Wildman–Crippen MR) is 95.1 cm³/mol. The smallest absolute Gasteiger partial charge is 0.314 e. The summed E-state index contributed by atoms with van der Waals surface area (Å²) in [7, 11) is 0. The number of carbonyl (C=O) groups excluding carboxylic acids is 1. The number of aryl methyl sites for hydroxylation is 1. The van der Waals surface area contributed by atoms with Crippen LogP contribution in [0.2, 0.25) is 5.02 Å². The highest BCUT2D eigenvalue weighted by molar-refractivity contribution is 6.31. The number of halogens is 1. The Bertz CT molecular complexity index is 704. The van der Waals surface area contributed by atoms with Crippen LogP contribution in [0.1, 0.15) is 23.6 Å². The summed E-state index contributed by atoms with van der Waals surface area (Å²) in [4.78, 5) is 15.9. The second-order valence-corrected chi connectivity index (χ2v) is 6.32. The first-order valence-electron chi connectivity index (χ1n) is 7.79. The zero-order valence-corrected chi connectivity index (χ0v) is 14.6. The van der Waals surface area contributed by atoms with E-state index in [2.05, 4.69) is 15.6 Å². The molecular weight excluding hydrogens is 326 g/mol. The van der Waals surface area contributed by atoms with E-state index in [1.807, 2.05) is 13.0 Å². The van der Waals surface area contributed by atoms with Gasteiger partial charge in [0.2, 0.25) is 0 Å². The van der Waals surface area contributed by atoms with E-state index < -0.39 is 5.60 Å². The predicted octanol–water partition coefficient (Wildman–Crippen LogP) is 2.79. The lowest BCUT2D eigenvalue weighted by Gasteiger charge is -2.25. The van der Waals surface area contributed by atoms with Crippen LogP contribution in [0.4, 0.5) is 4.79 Å². The van der Waals surface area contributed by atoms with Crippen molar-refractivity contribution < 1.29 is 9.90 Å². The number of aromatic nitrogens is 1. The number of hydrogen-bond acceptors (Lipinski definition) is 3. The number of rotatable bonds is 6. The van der Waals surface area contributed by atoms with Gasteiger partial charge in [-0.3, -0.25) is 4.98 Å². The number of nitrogens with one attached hydrogen (secondary N) is 2. The van der Waals surface area contributed by atoms with E-state index in [1.54, 1.807) is 43.6 Å². The molecule has 2 aromatic rings. The average molecular weight is 348 g/mol. The molecule has 0 aliphatic rings. The SMILES string of the molecule is Cc1cnccc1CCNC(=O)NC[C@@](C)(O)c1ccccc1Cl. The molecule has 0 unspecified atom stereocenters. The van der Waals surface area contributed by atoms with Gasteiger partial charge in [0.15, 0.2) is 0 Å². The minimum absolute atomic E-state index is 0.0663. The van der Waals surface area contributed by atoms with Crippen LogP contribution in [0.5, 0.6) is 0 Å². The third-order valence-corrected chi connectivity index (χ3v) is 4.19. The molecule has 0 bridgehead atoms. The summed E-state index contributed by atoms with van der Waals surface area (Å²) in [6.07, 6.45) is 4.27. The molecule has 2 rings (SSSR count). The van der Waals surface area contributed by atoms with Gasteiger partial charge in [-0.25, -0.2) is 4.79 Å². The van der Waals surface area contributed by atoms with E-state index in [4.69, 9.17) is 11.6 Å². The summed E-state index contributed by atoms with van der Waals surface area (Å²) in [5.41, 5.74) is 1.59. The zero-order valence-electron chi connectivity index (χ0n) is 13.8. The fourth-order valence-corrected chi connectivity index (χ4v) is 2.74. The molecule has 0 saturated heterocycles. The van der Waals surface area contributed by atoms with Crippen LogP contribution in [0.25, 0.3) is 0 Å². The number of carbonyl (C=O) groups is 1. The van der Waals surface area contributed by atoms with E-state index in [-0.39, 0.29) is 12.6 Å². The second kappa shape index (κ2) is 8.13. The van der Waals surface area contributed by atoms with Gasteiger partial charge in [0, 0.05) is 29.5 Å². The van der Waals surface area contributed by atoms with Gasteiger partial charge in [-0.15, -0.1) is 0 Å². The fourth-order valence-electron chi connectivity index (χ4n) is 2.40.